The van der Waals surface area contributed by atoms with Gasteiger partial charge < -0.3 is 9.84 Å². The van der Waals surface area contributed by atoms with Gasteiger partial charge in [0.2, 0.25) is 29.1 Å². The number of hydrogen-bond donors (Lipinski definition) is 1. The fraction of sp³-hybridized carbons (Fsp3) is 0.647. The van der Waals surface area contributed by atoms with E-state index >= 15 is 8.78 Å². The first-order valence-corrected chi connectivity index (χ1v) is 7.96. The van der Waals surface area contributed by atoms with Crippen LogP contribution in [0.25, 0.3) is 0 Å². The number of ether oxygens (including phenoxy) is 1. The van der Waals surface area contributed by atoms with Crippen LogP contribution in [0.1, 0.15) is 40.5 Å². The third-order valence-corrected chi connectivity index (χ3v) is 5.13. The van der Waals surface area contributed by atoms with Crippen LogP contribution in [0.3, 0.4) is 0 Å². The Morgan fingerprint density at radius 1 is 0.769 bits per heavy atom. The highest BCUT2D eigenvalue weighted by Gasteiger charge is 2.60. The van der Waals surface area contributed by atoms with Crippen molar-refractivity contribution in [2.75, 3.05) is 13.2 Å². The second-order valence-electron chi connectivity index (χ2n) is 6.75. The molecule has 0 fully saturated rings. The molecule has 1 aromatic rings. The summed E-state index contributed by atoms with van der Waals surface area (Å²) < 4.78 is 101. The summed E-state index contributed by atoms with van der Waals surface area (Å²) in [5, 5.41) is 9.37. The molecule has 0 bridgehead atoms. The Bertz CT molecular complexity index is 630. The molecular weight excluding hydrogens is 369 g/mol. The van der Waals surface area contributed by atoms with Gasteiger partial charge >= 0.3 is 0 Å². The lowest BCUT2D eigenvalue weighted by Gasteiger charge is -2.46. The zero-order chi connectivity index (χ0) is 20.5. The lowest BCUT2D eigenvalue weighted by molar-refractivity contribution is -0.222. The molecule has 0 heterocycles. The second kappa shape index (κ2) is 7.62. The predicted molar refractivity (Wildman–Crippen MR) is 80.6 cm³/mol. The van der Waals surface area contributed by atoms with Gasteiger partial charge in [-0.15, -0.1) is 0 Å². The standard InChI is InChI=1S/C17H21F7O2/c1-5-15(3,7-25)17(23,24)16(4,6-2)8-26-14-12(21)10(19)9(18)11(20)13(14)22/h25H,5-8H2,1-4H3. The third kappa shape index (κ3) is 3.37. The van der Waals surface area contributed by atoms with Gasteiger partial charge in [0, 0.05) is 0 Å². The van der Waals surface area contributed by atoms with E-state index in [0.29, 0.717) is 0 Å². The minimum atomic E-state index is -3.57. The Morgan fingerprint density at radius 2 is 1.15 bits per heavy atom. The Kier molecular flexibility index (Phi) is 6.60. The van der Waals surface area contributed by atoms with Crippen molar-refractivity contribution in [3.63, 3.8) is 0 Å². The summed E-state index contributed by atoms with van der Waals surface area (Å²) in [5.41, 5.74) is -3.90. The van der Waals surface area contributed by atoms with Crippen molar-refractivity contribution in [3.8, 4) is 5.75 Å². The molecule has 0 saturated carbocycles. The van der Waals surface area contributed by atoms with Crippen LogP contribution in [-0.2, 0) is 0 Å². The Hall–Kier alpha value is -1.51. The molecule has 0 amide bonds. The Balaban J connectivity index is 3.29. The van der Waals surface area contributed by atoms with E-state index < -0.39 is 64.8 Å². The minimum absolute atomic E-state index is 0.116. The molecule has 0 radical (unpaired) electrons. The zero-order valence-corrected chi connectivity index (χ0v) is 14.8. The molecule has 2 unspecified atom stereocenters. The molecule has 0 saturated heterocycles. The highest BCUT2D eigenvalue weighted by molar-refractivity contribution is 5.30. The predicted octanol–water partition coefficient (Wildman–Crippen LogP) is 5.22. The maximum absolute atomic E-state index is 15.0. The smallest absolute Gasteiger partial charge is 0.264 e. The maximum Gasteiger partial charge on any atom is 0.264 e. The molecule has 0 aliphatic rings. The van der Waals surface area contributed by atoms with Crippen molar-refractivity contribution >= 4 is 0 Å². The molecule has 9 heteroatoms. The largest absolute Gasteiger partial charge is 0.487 e. The summed E-state index contributed by atoms with van der Waals surface area (Å²) in [6.45, 7) is 3.11. The summed E-state index contributed by atoms with van der Waals surface area (Å²) in [5.74, 6) is -16.5. The van der Waals surface area contributed by atoms with Crippen molar-refractivity contribution in [2.24, 2.45) is 10.8 Å². The van der Waals surface area contributed by atoms with Crippen LogP contribution >= 0.6 is 0 Å². The van der Waals surface area contributed by atoms with Gasteiger partial charge in [0.15, 0.2) is 5.75 Å². The normalized spacial score (nSPS) is 16.9. The van der Waals surface area contributed by atoms with Gasteiger partial charge in [-0.3, -0.25) is 0 Å². The van der Waals surface area contributed by atoms with Gasteiger partial charge in [0.25, 0.3) is 5.92 Å². The Morgan fingerprint density at radius 3 is 1.50 bits per heavy atom. The average Bonchev–Trinajstić information content (AvgIpc) is 2.63. The quantitative estimate of drug-likeness (QED) is 0.375. The van der Waals surface area contributed by atoms with Crippen LogP contribution in [0.15, 0.2) is 0 Å². The van der Waals surface area contributed by atoms with Crippen molar-refractivity contribution in [1.29, 1.82) is 0 Å². The highest BCUT2D eigenvalue weighted by Crippen LogP contribution is 2.52. The third-order valence-electron chi connectivity index (χ3n) is 5.13. The summed E-state index contributed by atoms with van der Waals surface area (Å²) >= 11 is 0. The molecule has 0 aliphatic heterocycles. The summed E-state index contributed by atoms with van der Waals surface area (Å²) in [6.07, 6.45) is -0.362. The molecule has 2 nitrogen and oxygen atoms in total. The molecule has 0 aliphatic carbocycles. The molecular formula is C17H21F7O2. The summed E-state index contributed by atoms with van der Waals surface area (Å²) in [7, 11) is 0. The SMILES string of the molecule is CCC(C)(CO)C(F)(F)C(C)(CC)COc1c(F)c(F)c(F)c(F)c1F. The van der Waals surface area contributed by atoms with Gasteiger partial charge in [-0.2, -0.15) is 8.78 Å². The van der Waals surface area contributed by atoms with E-state index in [1.165, 1.54) is 13.8 Å². The first kappa shape index (κ1) is 22.5. The second-order valence-corrected chi connectivity index (χ2v) is 6.75. The highest BCUT2D eigenvalue weighted by atomic mass is 19.3. The van der Waals surface area contributed by atoms with E-state index in [1.807, 2.05) is 0 Å². The molecule has 26 heavy (non-hydrogen) atoms. The lowest BCUT2D eigenvalue weighted by atomic mass is 9.67. The van der Waals surface area contributed by atoms with Crippen LogP contribution in [-0.4, -0.2) is 24.2 Å². The monoisotopic (exact) mass is 390 g/mol. The van der Waals surface area contributed by atoms with Crippen LogP contribution < -0.4 is 4.74 Å². The molecule has 0 aromatic heterocycles. The number of alkyl halides is 2. The van der Waals surface area contributed by atoms with E-state index in [4.69, 9.17) is 0 Å². The number of rotatable bonds is 8. The van der Waals surface area contributed by atoms with E-state index in [2.05, 4.69) is 4.74 Å². The summed E-state index contributed by atoms with van der Waals surface area (Å²) in [4.78, 5) is 0. The number of aliphatic hydroxyl groups excluding tert-OH is 1. The van der Waals surface area contributed by atoms with Gasteiger partial charge in [-0.25, -0.2) is 22.0 Å². The van der Waals surface area contributed by atoms with E-state index in [9.17, 15) is 27.1 Å². The van der Waals surface area contributed by atoms with E-state index in [0.717, 1.165) is 13.8 Å². The average molecular weight is 390 g/mol. The van der Waals surface area contributed by atoms with Crippen LogP contribution in [0.2, 0.25) is 0 Å². The van der Waals surface area contributed by atoms with E-state index in [-0.39, 0.29) is 12.8 Å². The number of hydrogen-bond acceptors (Lipinski definition) is 2. The zero-order valence-electron chi connectivity index (χ0n) is 14.8. The molecule has 1 N–H and O–H groups in total. The first-order valence-electron chi connectivity index (χ1n) is 7.96. The van der Waals surface area contributed by atoms with Crippen molar-refractivity contribution in [1.82, 2.24) is 0 Å². The molecule has 150 valence electrons. The van der Waals surface area contributed by atoms with Crippen molar-refractivity contribution < 1.29 is 40.6 Å². The molecule has 0 spiro atoms. The Labute approximate surface area is 147 Å². The maximum atomic E-state index is 15.0. The number of halogens is 7. The molecule has 2 atom stereocenters. The van der Waals surface area contributed by atoms with Crippen molar-refractivity contribution in [2.45, 2.75) is 46.5 Å². The fourth-order valence-electron chi connectivity index (χ4n) is 2.52. The molecule has 1 rings (SSSR count). The van der Waals surface area contributed by atoms with Crippen LogP contribution in [0.4, 0.5) is 30.7 Å². The fourth-order valence-corrected chi connectivity index (χ4v) is 2.52. The van der Waals surface area contributed by atoms with Crippen LogP contribution in [0, 0.1) is 39.9 Å². The summed E-state index contributed by atoms with van der Waals surface area (Å²) in [6, 6.07) is 0. The topological polar surface area (TPSA) is 29.5 Å². The van der Waals surface area contributed by atoms with Gasteiger partial charge in [-0.1, -0.05) is 27.7 Å². The van der Waals surface area contributed by atoms with Crippen molar-refractivity contribution in [3.05, 3.63) is 29.1 Å². The number of aliphatic hydroxyl groups is 1. The first-order chi connectivity index (χ1) is 11.8. The minimum Gasteiger partial charge on any atom is -0.487 e. The lowest BCUT2D eigenvalue weighted by Crippen LogP contribution is -2.55. The van der Waals surface area contributed by atoms with Gasteiger partial charge in [0.1, 0.15) is 0 Å². The number of benzene rings is 1. The van der Waals surface area contributed by atoms with Gasteiger partial charge in [0.05, 0.1) is 24.0 Å². The van der Waals surface area contributed by atoms with Gasteiger partial charge in [-0.05, 0) is 12.8 Å². The van der Waals surface area contributed by atoms with Crippen LogP contribution in [0.5, 0.6) is 5.75 Å². The van der Waals surface area contributed by atoms with E-state index in [1.54, 1.807) is 0 Å². The molecule has 1 aromatic carbocycles.